The fraction of sp³-hybridized carbons (Fsp3) is 0.409. The molecule has 5 nitrogen and oxygen atoms in total. The predicted octanol–water partition coefficient (Wildman–Crippen LogP) is 3.24. The molecule has 1 heterocycles. The smallest absolute Gasteiger partial charge is 0.251 e. The third-order valence-corrected chi connectivity index (χ3v) is 4.58. The lowest BCUT2D eigenvalue weighted by Gasteiger charge is -2.26. The quantitative estimate of drug-likeness (QED) is 0.777. The first-order valence-corrected chi connectivity index (χ1v) is 9.63. The Labute approximate surface area is 161 Å². The number of carbonyl (C=O) groups is 1. The number of carbonyl (C=O) groups excluding carboxylic acids is 1. The van der Waals surface area contributed by atoms with Crippen molar-refractivity contribution in [2.24, 2.45) is 0 Å². The number of amides is 1. The molecule has 0 saturated carbocycles. The predicted molar refractivity (Wildman–Crippen MR) is 106 cm³/mol. The molecule has 1 amide bonds. The van der Waals surface area contributed by atoms with Gasteiger partial charge in [0.1, 0.15) is 5.75 Å². The van der Waals surface area contributed by atoms with Gasteiger partial charge in [-0.25, -0.2) is 0 Å². The van der Waals surface area contributed by atoms with E-state index in [9.17, 15) is 4.79 Å². The van der Waals surface area contributed by atoms with Gasteiger partial charge in [0, 0.05) is 31.7 Å². The van der Waals surface area contributed by atoms with Crippen LogP contribution in [0.2, 0.25) is 0 Å². The maximum Gasteiger partial charge on any atom is 0.251 e. The molecule has 1 N–H and O–H groups in total. The van der Waals surface area contributed by atoms with Crippen LogP contribution in [-0.2, 0) is 17.8 Å². The van der Waals surface area contributed by atoms with Crippen molar-refractivity contribution >= 4 is 5.91 Å². The van der Waals surface area contributed by atoms with Crippen LogP contribution < -0.4 is 10.1 Å². The van der Waals surface area contributed by atoms with Crippen LogP contribution in [0.15, 0.2) is 48.5 Å². The van der Waals surface area contributed by atoms with Crippen LogP contribution in [0.4, 0.5) is 0 Å². The Kier molecular flexibility index (Phi) is 7.25. The number of ether oxygens (including phenoxy) is 2. The highest BCUT2D eigenvalue weighted by molar-refractivity contribution is 5.94. The van der Waals surface area contributed by atoms with E-state index in [1.54, 1.807) is 12.1 Å². The van der Waals surface area contributed by atoms with Crippen LogP contribution in [0, 0.1) is 0 Å². The summed E-state index contributed by atoms with van der Waals surface area (Å²) in [5.41, 5.74) is 3.02. The molecular formula is C22H28N2O3. The molecule has 0 aliphatic carbocycles. The summed E-state index contributed by atoms with van der Waals surface area (Å²) in [5, 5.41) is 2.97. The van der Waals surface area contributed by atoms with Crippen molar-refractivity contribution < 1.29 is 14.3 Å². The van der Waals surface area contributed by atoms with Crippen molar-refractivity contribution in [2.45, 2.75) is 26.4 Å². The molecule has 0 atom stereocenters. The third kappa shape index (κ3) is 6.08. The van der Waals surface area contributed by atoms with Gasteiger partial charge in [0.25, 0.3) is 5.91 Å². The normalized spacial score (nSPS) is 14.7. The summed E-state index contributed by atoms with van der Waals surface area (Å²) in [7, 11) is 0. The summed E-state index contributed by atoms with van der Waals surface area (Å²) in [6.07, 6.45) is 0.966. The van der Waals surface area contributed by atoms with E-state index in [-0.39, 0.29) is 5.91 Å². The van der Waals surface area contributed by atoms with Crippen molar-refractivity contribution in [3.8, 4) is 5.75 Å². The van der Waals surface area contributed by atoms with Gasteiger partial charge in [-0.3, -0.25) is 9.69 Å². The van der Waals surface area contributed by atoms with Gasteiger partial charge >= 0.3 is 0 Å². The number of rotatable bonds is 8. The van der Waals surface area contributed by atoms with E-state index in [1.807, 2.05) is 12.1 Å². The van der Waals surface area contributed by atoms with E-state index in [0.717, 1.165) is 50.6 Å². The van der Waals surface area contributed by atoms with Crippen molar-refractivity contribution in [2.75, 3.05) is 32.9 Å². The number of hydrogen-bond donors (Lipinski definition) is 1. The maximum atomic E-state index is 12.3. The molecule has 0 bridgehead atoms. The summed E-state index contributed by atoms with van der Waals surface area (Å²) in [5.74, 6) is 0.721. The van der Waals surface area contributed by atoms with Crippen LogP contribution >= 0.6 is 0 Å². The van der Waals surface area contributed by atoms with Crippen molar-refractivity contribution in [1.82, 2.24) is 10.2 Å². The molecule has 5 heteroatoms. The van der Waals surface area contributed by atoms with Crippen molar-refractivity contribution in [3.63, 3.8) is 0 Å². The summed E-state index contributed by atoms with van der Waals surface area (Å²) in [4.78, 5) is 14.7. The van der Waals surface area contributed by atoms with Gasteiger partial charge in [-0.05, 0) is 41.8 Å². The topological polar surface area (TPSA) is 50.8 Å². The Morgan fingerprint density at radius 3 is 2.37 bits per heavy atom. The minimum Gasteiger partial charge on any atom is -0.494 e. The van der Waals surface area contributed by atoms with E-state index in [4.69, 9.17) is 9.47 Å². The molecule has 0 unspecified atom stereocenters. The van der Waals surface area contributed by atoms with Gasteiger partial charge < -0.3 is 14.8 Å². The van der Waals surface area contributed by atoms with E-state index < -0.39 is 0 Å². The fourth-order valence-electron chi connectivity index (χ4n) is 2.99. The molecule has 3 rings (SSSR count). The number of nitrogens with zero attached hydrogens (tertiary/aromatic N) is 1. The first-order valence-electron chi connectivity index (χ1n) is 9.63. The van der Waals surface area contributed by atoms with Crippen LogP contribution in [0.25, 0.3) is 0 Å². The highest BCUT2D eigenvalue weighted by Crippen LogP contribution is 2.13. The van der Waals surface area contributed by atoms with E-state index >= 15 is 0 Å². The molecule has 27 heavy (non-hydrogen) atoms. The SMILES string of the molecule is CCCOc1ccc(C(=O)NCc2ccc(CN3CCOCC3)cc2)cc1. The summed E-state index contributed by atoms with van der Waals surface area (Å²) in [6, 6.07) is 15.7. The molecular weight excluding hydrogens is 340 g/mol. The van der Waals surface area contributed by atoms with Crippen molar-refractivity contribution in [1.29, 1.82) is 0 Å². The first-order chi connectivity index (χ1) is 13.2. The van der Waals surface area contributed by atoms with E-state index in [1.165, 1.54) is 5.56 Å². The lowest BCUT2D eigenvalue weighted by atomic mass is 10.1. The molecule has 0 spiro atoms. The largest absolute Gasteiger partial charge is 0.494 e. The van der Waals surface area contributed by atoms with Gasteiger partial charge in [0.15, 0.2) is 0 Å². The summed E-state index contributed by atoms with van der Waals surface area (Å²) >= 11 is 0. The second-order valence-electron chi connectivity index (χ2n) is 6.76. The zero-order valence-electron chi connectivity index (χ0n) is 15.9. The number of hydrogen-bond acceptors (Lipinski definition) is 4. The monoisotopic (exact) mass is 368 g/mol. The molecule has 1 saturated heterocycles. The summed E-state index contributed by atoms with van der Waals surface area (Å²) < 4.78 is 10.9. The van der Waals surface area contributed by atoms with Gasteiger partial charge in [-0.2, -0.15) is 0 Å². The van der Waals surface area contributed by atoms with Crippen LogP contribution in [-0.4, -0.2) is 43.7 Å². The minimum atomic E-state index is -0.0746. The summed E-state index contributed by atoms with van der Waals surface area (Å²) in [6.45, 7) is 7.82. The Balaban J connectivity index is 1.46. The van der Waals surface area contributed by atoms with Crippen LogP contribution in [0.1, 0.15) is 34.8 Å². The zero-order valence-corrected chi connectivity index (χ0v) is 15.9. The minimum absolute atomic E-state index is 0.0746. The molecule has 1 fully saturated rings. The molecule has 0 aromatic heterocycles. The lowest BCUT2D eigenvalue weighted by molar-refractivity contribution is 0.0342. The van der Waals surface area contributed by atoms with Gasteiger partial charge in [-0.1, -0.05) is 31.2 Å². The van der Waals surface area contributed by atoms with Gasteiger partial charge in [-0.15, -0.1) is 0 Å². The Hall–Kier alpha value is -2.37. The van der Waals surface area contributed by atoms with Gasteiger partial charge in [0.2, 0.25) is 0 Å². The van der Waals surface area contributed by atoms with Crippen LogP contribution in [0.3, 0.4) is 0 Å². The van der Waals surface area contributed by atoms with E-state index in [0.29, 0.717) is 18.7 Å². The number of nitrogens with one attached hydrogen (secondary N) is 1. The molecule has 1 aliphatic rings. The lowest BCUT2D eigenvalue weighted by Crippen LogP contribution is -2.35. The number of morpholine rings is 1. The van der Waals surface area contributed by atoms with Crippen LogP contribution in [0.5, 0.6) is 5.75 Å². The van der Waals surface area contributed by atoms with Crippen molar-refractivity contribution in [3.05, 3.63) is 65.2 Å². The molecule has 2 aromatic rings. The highest BCUT2D eigenvalue weighted by Gasteiger charge is 2.10. The third-order valence-electron chi connectivity index (χ3n) is 4.58. The van der Waals surface area contributed by atoms with E-state index in [2.05, 4.69) is 41.4 Å². The Morgan fingerprint density at radius 2 is 1.70 bits per heavy atom. The van der Waals surface area contributed by atoms with Gasteiger partial charge in [0.05, 0.1) is 19.8 Å². The molecule has 0 radical (unpaired) electrons. The molecule has 2 aromatic carbocycles. The Bertz CT molecular complexity index is 707. The fourth-order valence-corrected chi connectivity index (χ4v) is 2.99. The molecule has 1 aliphatic heterocycles. The number of benzene rings is 2. The second kappa shape index (κ2) is 10.1. The Morgan fingerprint density at radius 1 is 1.04 bits per heavy atom. The maximum absolute atomic E-state index is 12.3. The average Bonchev–Trinajstić information content (AvgIpc) is 2.72. The second-order valence-corrected chi connectivity index (χ2v) is 6.76. The zero-order chi connectivity index (χ0) is 18.9. The molecule has 144 valence electrons. The average molecular weight is 368 g/mol. The first kappa shape index (κ1) is 19.4. The highest BCUT2D eigenvalue weighted by atomic mass is 16.5. The standard InChI is InChI=1S/C22H28N2O3/c1-2-13-27-21-9-7-20(8-10-21)22(25)23-16-18-3-5-19(6-4-18)17-24-11-14-26-15-12-24/h3-10H,2,11-17H2,1H3,(H,23,25).